The molecule has 0 radical (unpaired) electrons. The van der Waals surface area contributed by atoms with Crippen LogP contribution < -0.4 is 0 Å². The first kappa shape index (κ1) is 10.5. The summed E-state index contributed by atoms with van der Waals surface area (Å²) in [5, 5.41) is 0. The number of rotatable bonds is 1. The molecule has 0 amide bonds. The van der Waals surface area contributed by atoms with Crippen LogP contribution in [0.3, 0.4) is 0 Å². The Morgan fingerprint density at radius 2 is 1.71 bits per heavy atom. The summed E-state index contributed by atoms with van der Waals surface area (Å²) in [6, 6.07) is 9.96. The molecular weight excluding hydrogens is 174 g/mol. The summed E-state index contributed by atoms with van der Waals surface area (Å²) in [5.74, 6) is 0.857. The van der Waals surface area contributed by atoms with E-state index in [-0.39, 0.29) is 0 Å². The van der Waals surface area contributed by atoms with Gasteiger partial charge in [0.25, 0.3) is 0 Å². The van der Waals surface area contributed by atoms with Crippen molar-refractivity contribution in [3.8, 4) is 11.3 Å². The van der Waals surface area contributed by atoms with Crippen molar-refractivity contribution < 1.29 is 4.42 Å². The molecule has 2 aromatic rings. The van der Waals surface area contributed by atoms with E-state index in [1.165, 1.54) is 6.39 Å². The van der Waals surface area contributed by atoms with Crippen LogP contribution in [0.5, 0.6) is 0 Å². The fourth-order valence-corrected chi connectivity index (χ4v) is 1.17. The van der Waals surface area contributed by atoms with Gasteiger partial charge in [-0.25, -0.2) is 4.98 Å². The molecule has 0 N–H and O–H groups in total. The highest BCUT2D eigenvalue weighted by molar-refractivity contribution is 5.58. The molecule has 0 bridgehead atoms. The van der Waals surface area contributed by atoms with Gasteiger partial charge in [0.15, 0.2) is 12.2 Å². The Balaban J connectivity index is 0.000000461. The maximum absolute atomic E-state index is 5.24. The van der Waals surface area contributed by atoms with Crippen molar-refractivity contribution in [2.24, 2.45) is 0 Å². The normalized spacial score (nSPS) is 9.07. The van der Waals surface area contributed by atoms with Crippen LogP contribution in [0.1, 0.15) is 19.5 Å². The molecule has 2 rings (SSSR count). The van der Waals surface area contributed by atoms with Crippen LogP contribution in [-0.2, 0) is 0 Å². The number of benzene rings is 1. The van der Waals surface area contributed by atoms with Gasteiger partial charge in [0.05, 0.1) is 5.69 Å². The second-order valence-corrected chi connectivity index (χ2v) is 2.63. The first-order valence-electron chi connectivity index (χ1n) is 4.83. The SMILES string of the molecule is CC.Cc1ncoc1-c1ccccc1. The van der Waals surface area contributed by atoms with Gasteiger partial charge in [-0.15, -0.1) is 0 Å². The lowest BCUT2D eigenvalue weighted by Crippen LogP contribution is -1.76. The monoisotopic (exact) mass is 189 g/mol. The number of hydrogen-bond donors (Lipinski definition) is 0. The van der Waals surface area contributed by atoms with Crippen LogP contribution in [0.25, 0.3) is 11.3 Å². The molecule has 1 heterocycles. The Morgan fingerprint density at radius 3 is 2.21 bits per heavy atom. The van der Waals surface area contributed by atoms with E-state index in [0.29, 0.717) is 0 Å². The van der Waals surface area contributed by atoms with E-state index in [1.807, 2.05) is 51.1 Å². The van der Waals surface area contributed by atoms with Gasteiger partial charge in [-0.1, -0.05) is 44.2 Å². The molecule has 2 heteroatoms. The summed E-state index contributed by atoms with van der Waals surface area (Å²) < 4.78 is 5.24. The van der Waals surface area contributed by atoms with Gasteiger partial charge in [0.2, 0.25) is 0 Å². The van der Waals surface area contributed by atoms with E-state index < -0.39 is 0 Å². The third-order valence-corrected chi connectivity index (χ3v) is 1.78. The highest BCUT2D eigenvalue weighted by Crippen LogP contribution is 2.21. The first-order valence-corrected chi connectivity index (χ1v) is 4.83. The Hall–Kier alpha value is -1.57. The highest BCUT2D eigenvalue weighted by Gasteiger charge is 2.04. The smallest absolute Gasteiger partial charge is 0.181 e. The molecular formula is C12H15NO. The Bertz CT molecular complexity index is 365. The maximum atomic E-state index is 5.24. The molecule has 0 spiro atoms. The Kier molecular flexibility index (Phi) is 3.92. The minimum absolute atomic E-state index is 0.857. The molecule has 1 aromatic carbocycles. The topological polar surface area (TPSA) is 26.0 Å². The molecule has 0 unspecified atom stereocenters. The Labute approximate surface area is 84.6 Å². The quantitative estimate of drug-likeness (QED) is 0.684. The van der Waals surface area contributed by atoms with E-state index in [4.69, 9.17) is 4.42 Å². The van der Waals surface area contributed by atoms with Crippen molar-refractivity contribution >= 4 is 0 Å². The van der Waals surface area contributed by atoms with Gasteiger partial charge >= 0.3 is 0 Å². The van der Waals surface area contributed by atoms with Gasteiger partial charge in [0.1, 0.15) is 0 Å². The molecule has 0 aliphatic carbocycles. The van der Waals surface area contributed by atoms with E-state index in [2.05, 4.69) is 4.98 Å². The zero-order valence-electron chi connectivity index (χ0n) is 8.82. The summed E-state index contributed by atoms with van der Waals surface area (Å²) in [6.45, 7) is 5.94. The van der Waals surface area contributed by atoms with Crippen LogP contribution in [-0.4, -0.2) is 4.98 Å². The minimum atomic E-state index is 0.857. The predicted molar refractivity (Wildman–Crippen MR) is 58.0 cm³/mol. The summed E-state index contributed by atoms with van der Waals surface area (Å²) in [7, 11) is 0. The fraction of sp³-hybridized carbons (Fsp3) is 0.250. The summed E-state index contributed by atoms with van der Waals surface area (Å²) >= 11 is 0. The standard InChI is InChI=1S/C10H9NO.C2H6/c1-8-10(12-7-11-8)9-5-3-2-4-6-9;1-2/h2-7H,1H3;1-2H3. The van der Waals surface area contributed by atoms with Crippen molar-refractivity contribution in [2.75, 3.05) is 0 Å². The van der Waals surface area contributed by atoms with Crippen molar-refractivity contribution in [1.29, 1.82) is 0 Å². The summed E-state index contributed by atoms with van der Waals surface area (Å²) in [5.41, 5.74) is 2.01. The van der Waals surface area contributed by atoms with Crippen LogP contribution >= 0.6 is 0 Å². The molecule has 0 atom stereocenters. The number of hydrogen-bond acceptors (Lipinski definition) is 2. The molecule has 0 aliphatic heterocycles. The lowest BCUT2D eigenvalue weighted by Gasteiger charge is -1.94. The van der Waals surface area contributed by atoms with Crippen LogP contribution in [0.4, 0.5) is 0 Å². The molecule has 74 valence electrons. The van der Waals surface area contributed by atoms with E-state index in [0.717, 1.165) is 17.0 Å². The zero-order valence-corrected chi connectivity index (χ0v) is 8.82. The number of nitrogens with zero attached hydrogens (tertiary/aromatic N) is 1. The van der Waals surface area contributed by atoms with E-state index >= 15 is 0 Å². The summed E-state index contributed by atoms with van der Waals surface area (Å²) in [6.07, 6.45) is 1.47. The maximum Gasteiger partial charge on any atom is 0.181 e. The molecule has 0 fully saturated rings. The largest absolute Gasteiger partial charge is 0.443 e. The van der Waals surface area contributed by atoms with Crippen LogP contribution in [0.15, 0.2) is 41.1 Å². The molecule has 0 aliphatic rings. The van der Waals surface area contributed by atoms with E-state index in [1.54, 1.807) is 0 Å². The minimum Gasteiger partial charge on any atom is -0.443 e. The lowest BCUT2D eigenvalue weighted by atomic mass is 10.1. The van der Waals surface area contributed by atoms with Gasteiger partial charge in [-0.2, -0.15) is 0 Å². The summed E-state index contributed by atoms with van der Waals surface area (Å²) in [4.78, 5) is 4.03. The van der Waals surface area contributed by atoms with E-state index in [9.17, 15) is 0 Å². The second kappa shape index (κ2) is 5.22. The zero-order chi connectivity index (χ0) is 10.4. The van der Waals surface area contributed by atoms with Gasteiger partial charge in [0, 0.05) is 5.56 Å². The lowest BCUT2D eigenvalue weighted by molar-refractivity contribution is 0.571. The van der Waals surface area contributed by atoms with Crippen LogP contribution in [0, 0.1) is 6.92 Å². The van der Waals surface area contributed by atoms with Gasteiger partial charge in [-0.05, 0) is 6.92 Å². The van der Waals surface area contributed by atoms with Crippen LogP contribution in [0.2, 0.25) is 0 Å². The molecule has 0 saturated carbocycles. The number of oxazole rings is 1. The molecule has 0 saturated heterocycles. The molecule has 1 aromatic heterocycles. The average Bonchev–Trinajstić information content (AvgIpc) is 2.69. The van der Waals surface area contributed by atoms with Crippen molar-refractivity contribution in [2.45, 2.75) is 20.8 Å². The van der Waals surface area contributed by atoms with Crippen molar-refractivity contribution in [3.05, 3.63) is 42.4 Å². The first-order chi connectivity index (χ1) is 6.88. The molecule has 14 heavy (non-hydrogen) atoms. The molecule has 2 nitrogen and oxygen atoms in total. The number of aromatic nitrogens is 1. The highest BCUT2D eigenvalue weighted by atomic mass is 16.3. The average molecular weight is 189 g/mol. The number of aryl methyl sites for hydroxylation is 1. The van der Waals surface area contributed by atoms with Gasteiger partial charge in [-0.3, -0.25) is 0 Å². The third-order valence-electron chi connectivity index (χ3n) is 1.78. The predicted octanol–water partition coefficient (Wildman–Crippen LogP) is 3.68. The van der Waals surface area contributed by atoms with Crippen molar-refractivity contribution in [3.63, 3.8) is 0 Å². The van der Waals surface area contributed by atoms with Crippen molar-refractivity contribution in [1.82, 2.24) is 4.98 Å². The Morgan fingerprint density at radius 1 is 1.07 bits per heavy atom. The third kappa shape index (κ3) is 2.22. The fourth-order valence-electron chi connectivity index (χ4n) is 1.17. The second-order valence-electron chi connectivity index (χ2n) is 2.63. The van der Waals surface area contributed by atoms with Gasteiger partial charge < -0.3 is 4.42 Å².